The highest BCUT2D eigenvalue weighted by Gasteiger charge is 2.18. The lowest BCUT2D eigenvalue weighted by Gasteiger charge is -2.13. The van der Waals surface area contributed by atoms with Gasteiger partial charge >= 0.3 is 0 Å². The third kappa shape index (κ3) is 5.80. The minimum Gasteiger partial charge on any atom is -0.294 e. The van der Waals surface area contributed by atoms with E-state index in [1.165, 1.54) is 0 Å². The van der Waals surface area contributed by atoms with Crippen LogP contribution in [0, 0.1) is 10.8 Å². The van der Waals surface area contributed by atoms with Gasteiger partial charge in [0.05, 0.1) is 0 Å². The van der Waals surface area contributed by atoms with Gasteiger partial charge in [0.25, 0.3) is 0 Å². The van der Waals surface area contributed by atoms with Crippen LogP contribution < -0.4 is 0 Å². The monoisotopic (exact) mass is 298 g/mol. The molecular weight excluding hydrogens is 272 g/mol. The van der Waals surface area contributed by atoms with Crippen LogP contribution in [0.5, 0.6) is 0 Å². The van der Waals surface area contributed by atoms with Gasteiger partial charge in [0.1, 0.15) is 0 Å². The van der Waals surface area contributed by atoms with Crippen molar-refractivity contribution < 1.29 is 9.59 Å². The number of carbonyl (C=O) groups excluding carboxylic acids is 2. The Balaban J connectivity index is 2.76. The predicted octanol–water partition coefficient (Wildman–Crippen LogP) is 4.94. The smallest absolute Gasteiger partial charge is 0.161 e. The molecular formula is C20H26O2. The molecule has 22 heavy (non-hydrogen) atoms. The Bertz CT molecular complexity index is 533. The highest BCUT2D eigenvalue weighted by Crippen LogP contribution is 2.18. The van der Waals surface area contributed by atoms with Gasteiger partial charge in [-0.05, 0) is 23.3 Å². The van der Waals surface area contributed by atoms with E-state index < -0.39 is 0 Å². The molecule has 0 heterocycles. The SMILES string of the molecule is CC(C)(C)C(=O)C=Cc1ccc(C=CC(=O)C(C)(C)C)cc1. The number of allylic oxidation sites excluding steroid dienone is 2. The lowest BCUT2D eigenvalue weighted by atomic mass is 9.90. The van der Waals surface area contributed by atoms with Gasteiger partial charge in [-0.3, -0.25) is 9.59 Å². The molecule has 2 nitrogen and oxygen atoms in total. The summed E-state index contributed by atoms with van der Waals surface area (Å²) in [6.45, 7) is 11.4. The molecule has 0 saturated heterocycles. The summed E-state index contributed by atoms with van der Waals surface area (Å²) in [5.41, 5.74) is 1.23. The number of ketones is 2. The van der Waals surface area contributed by atoms with Crippen LogP contribution in [0.2, 0.25) is 0 Å². The van der Waals surface area contributed by atoms with E-state index in [4.69, 9.17) is 0 Å². The van der Waals surface area contributed by atoms with E-state index in [1.54, 1.807) is 12.2 Å². The fourth-order valence-electron chi connectivity index (χ4n) is 1.56. The Morgan fingerprint density at radius 1 is 0.682 bits per heavy atom. The first-order chi connectivity index (χ1) is 10.00. The van der Waals surface area contributed by atoms with Crippen molar-refractivity contribution in [3.05, 3.63) is 47.5 Å². The zero-order chi connectivity index (χ0) is 17.0. The summed E-state index contributed by atoms with van der Waals surface area (Å²) in [5, 5.41) is 0. The van der Waals surface area contributed by atoms with E-state index in [0.29, 0.717) is 0 Å². The van der Waals surface area contributed by atoms with E-state index >= 15 is 0 Å². The van der Waals surface area contributed by atoms with Gasteiger partial charge in [-0.25, -0.2) is 0 Å². The minimum absolute atomic E-state index is 0.104. The Kier molecular flexibility index (Phi) is 5.65. The molecule has 0 bridgehead atoms. The van der Waals surface area contributed by atoms with Gasteiger partial charge in [0.2, 0.25) is 0 Å². The van der Waals surface area contributed by atoms with Crippen molar-refractivity contribution in [2.24, 2.45) is 10.8 Å². The quantitative estimate of drug-likeness (QED) is 0.737. The molecule has 0 amide bonds. The first-order valence-corrected chi connectivity index (χ1v) is 7.55. The molecule has 1 aromatic carbocycles. The number of rotatable bonds is 4. The van der Waals surface area contributed by atoms with Crippen molar-refractivity contribution in [1.29, 1.82) is 0 Å². The Morgan fingerprint density at radius 3 is 1.18 bits per heavy atom. The Hall–Kier alpha value is -1.96. The summed E-state index contributed by atoms with van der Waals surface area (Å²) in [4.78, 5) is 23.7. The van der Waals surface area contributed by atoms with Crippen LogP contribution >= 0.6 is 0 Å². The Labute approximate surface area is 133 Å². The maximum Gasteiger partial charge on any atom is 0.161 e. The molecule has 0 aliphatic heterocycles. The van der Waals surface area contributed by atoms with Gasteiger partial charge in [-0.2, -0.15) is 0 Å². The maximum atomic E-state index is 11.8. The van der Waals surface area contributed by atoms with Crippen LogP contribution in [0.15, 0.2) is 36.4 Å². The van der Waals surface area contributed by atoms with Crippen molar-refractivity contribution in [2.75, 3.05) is 0 Å². The molecule has 0 aliphatic carbocycles. The van der Waals surface area contributed by atoms with Gasteiger partial charge < -0.3 is 0 Å². The van der Waals surface area contributed by atoms with Crippen LogP contribution in [0.1, 0.15) is 52.7 Å². The minimum atomic E-state index is -0.355. The van der Waals surface area contributed by atoms with Crippen molar-refractivity contribution in [2.45, 2.75) is 41.5 Å². The van der Waals surface area contributed by atoms with Gasteiger partial charge in [-0.15, -0.1) is 0 Å². The number of benzene rings is 1. The summed E-state index contributed by atoms with van der Waals surface area (Å²) in [5.74, 6) is 0.208. The second kappa shape index (κ2) is 6.87. The van der Waals surface area contributed by atoms with E-state index in [2.05, 4.69) is 0 Å². The molecule has 0 unspecified atom stereocenters. The standard InChI is InChI=1S/C20H26O2/c1-19(2,3)17(21)13-11-15-7-9-16(10-8-15)12-14-18(22)20(4,5)6/h7-14H,1-6H3. The van der Waals surface area contributed by atoms with Gasteiger partial charge in [0, 0.05) is 10.8 Å². The average Bonchev–Trinajstić information content (AvgIpc) is 2.41. The second-order valence-electron chi connectivity index (χ2n) is 7.56. The van der Waals surface area contributed by atoms with Crippen molar-refractivity contribution in [3.63, 3.8) is 0 Å². The fraction of sp³-hybridized carbons (Fsp3) is 0.400. The molecule has 0 N–H and O–H groups in total. The summed E-state index contributed by atoms with van der Waals surface area (Å²) < 4.78 is 0. The third-order valence-electron chi connectivity index (χ3n) is 3.27. The zero-order valence-corrected chi connectivity index (χ0v) is 14.4. The summed E-state index contributed by atoms with van der Waals surface area (Å²) >= 11 is 0. The fourth-order valence-corrected chi connectivity index (χ4v) is 1.56. The molecule has 1 rings (SSSR count). The highest BCUT2D eigenvalue weighted by atomic mass is 16.1. The van der Waals surface area contributed by atoms with Crippen LogP contribution in [0.25, 0.3) is 12.2 Å². The van der Waals surface area contributed by atoms with Gasteiger partial charge in [-0.1, -0.05) is 78.0 Å². The zero-order valence-electron chi connectivity index (χ0n) is 14.4. The van der Waals surface area contributed by atoms with Crippen molar-refractivity contribution >= 4 is 23.7 Å². The van der Waals surface area contributed by atoms with E-state index in [9.17, 15) is 9.59 Å². The highest BCUT2D eigenvalue weighted by molar-refractivity contribution is 5.98. The second-order valence-corrected chi connectivity index (χ2v) is 7.56. The summed E-state index contributed by atoms with van der Waals surface area (Å²) in [6, 6.07) is 7.75. The number of hydrogen-bond donors (Lipinski definition) is 0. The lowest BCUT2D eigenvalue weighted by molar-refractivity contribution is -0.122. The molecule has 2 heteroatoms. The molecule has 1 aromatic rings. The average molecular weight is 298 g/mol. The van der Waals surface area contributed by atoms with Crippen molar-refractivity contribution in [1.82, 2.24) is 0 Å². The lowest BCUT2D eigenvalue weighted by Crippen LogP contribution is -2.17. The normalized spacial score (nSPS) is 13.0. The molecule has 0 saturated carbocycles. The third-order valence-corrected chi connectivity index (χ3v) is 3.27. The van der Waals surface area contributed by atoms with Crippen LogP contribution in [0.3, 0.4) is 0 Å². The van der Waals surface area contributed by atoms with Gasteiger partial charge in [0.15, 0.2) is 11.6 Å². The van der Waals surface area contributed by atoms with Crippen molar-refractivity contribution in [3.8, 4) is 0 Å². The molecule has 0 spiro atoms. The van der Waals surface area contributed by atoms with Crippen LogP contribution in [-0.4, -0.2) is 11.6 Å². The molecule has 0 aliphatic rings. The number of hydrogen-bond acceptors (Lipinski definition) is 2. The van der Waals surface area contributed by atoms with Crippen LogP contribution in [0.4, 0.5) is 0 Å². The topological polar surface area (TPSA) is 34.1 Å². The molecule has 0 aromatic heterocycles. The molecule has 0 fully saturated rings. The summed E-state index contributed by atoms with van der Waals surface area (Å²) in [6.07, 6.45) is 6.88. The maximum absolute atomic E-state index is 11.8. The molecule has 118 valence electrons. The molecule has 0 atom stereocenters. The van der Waals surface area contributed by atoms with E-state index in [-0.39, 0.29) is 22.4 Å². The predicted molar refractivity (Wildman–Crippen MR) is 93.4 cm³/mol. The molecule has 0 radical (unpaired) electrons. The first-order valence-electron chi connectivity index (χ1n) is 7.55. The summed E-state index contributed by atoms with van der Waals surface area (Å²) in [7, 11) is 0. The number of carbonyl (C=O) groups is 2. The van der Waals surface area contributed by atoms with Crippen LogP contribution in [-0.2, 0) is 9.59 Å². The largest absolute Gasteiger partial charge is 0.294 e. The Morgan fingerprint density at radius 2 is 0.955 bits per heavy atom. The van der Waals surface area contributed by atoms with E-state index in [0.717, 1.165) is 11.1 Å². The van der Waals surface area contributed by atoms with E-state index in [1.807, 2.05) is 78.0 Å². The first kappa shape index (κ1) is 18.1.